The number of nitrogens with one attached hydrogen (secondary N) is 1. The molecule has 2 aromatic heterocycles. The molecule has 1 aromatic carbocycles. The maximum atomic E-state index is 6.47. The number of pyridine rings is 1. The summed E-state index contributed by atoms with van der Waals surface area (Å²) in [5, 5.41) is 3.85. The average molecular weight is 355 g/mol. The number of anilines is 2. The van der Waals surface area contributed by atoms with Gasteiger partial charge in [0.1, 0.15) is 11.6 Å². The predicted octanol–water partition coefficient (Wildman–Crippen LogP) is 5.54. The molecule has 3 aromatic rings. The fraction of sp³-hybridized carbons (Fsp3) is 0.300. The number of nitrogens with zero attached hydrogens (tertiary/aromatic N) is 3. The second-order valence-corrected chi connectivity index (χ2v) is 6.52. The Morgan fingerprint density at radius 3 is 2.44 bits per heavy atom. The Morgan fingerprint density at radius 2 is 1.84 bits per heavy atom. The van der Waals surface area contributed by atoms with Gasteiger partial charge in [0.05, 0.1) is 10.7 Å². The lowest BCUT2D eigenvalue weighted by Gasteiger charge is -2.10. The Labute approximate surface area is 153 Å². The van der Waals surface area contributed by atoms with Crippen LogP contribution < -0.4 is 5.32 Å². The van der Waals surface area contributed by atoms with Gasteiger partial charge in [-0.2, -0.15) is 0 Å². The Morgan fingerprint density at radius 1 is 1.12 bits per heavy atom. The third-order valence-corrected chi connectivity index (χ3v) is 4.67. The van der Waals surface area contributed by atoms with E-state index < -0.39 is 0 Å². The zero-order chi connectivity index (χ0) is 18.0. The van der Waals surface area contributed by atoms with Crippen LogP contribution in [-0.4, -0.2) is 14.5 Å². The first kappa shape index (κ1) is 17.5. The van der Waals surface area contributed by atoms with Crippen molar-refractivity contribution in [1.29, 1.82) is 0 Å². The monoisotopic (exact) mass is 354 g/mol. The molecule has 0 aliphatic carbocycles. The maximum absolute atomic E-state index is 6.47. The zero-order valence-electron chi connectivity index (χ0n) is 15.1. The summed E-state index contributed by atoms with van der Waals surface area (Å²) in [6.45, 7) is 9.29. The van der Waals surface area contributed by atoms with Crippen molar-refractivity contribution in [2.45, 2.75) is 40.7 Å². The highest BCUT2D eigenvalue weighted by Gasteiger charge is 2.15. The van der Waals surface area contributed by atoms with Crippen LogP contribution in [0.4, 0.5) is 11.5 Å². The van der Waals surface area contributed by atoms with Gasteiger partial charge in [-0.3, -0.25) is 0 Å². The van der Waals surface area contributed by atoms with Crippen molar-refractivity contribution in [3.63, 3.8) is 0 Å². The zero-order valence-corrected chi connectivity index (χ0v) is 15.9. The molecule has 0 atom stereocenters. The molecule has 0 saturated carbocycles. The molecule has 1 N–H and O–H groups in total. The number of hydrogen-bond acceptors (Lipinski definition) is 3. The molecular formula is C20H23ClN4. The third-order valence-electron chi connectivity index (χ3n) is 4.38. The van der Waals surface area contributed by atoms with Crippen LogP contribution in [0.3, 0.4) is 0 Å². The van der Waals surface area contributed by atoms with E-state index in [2.05, 4.69) is 54.7 Å². The van der Waals surface area contributed by atoms with Gasteiger partial charge in [0.15, 0.2) is 0 Å². The molecular weight excluding hydrogens is 332 g/mol. The molecule has 0 fully saturated rings. The van der Waals surface area contributed by atoms with Crippen LogP contribution in [0.1, 0.15) is 30.8 Å². The minimum atomic E-state index is 0.583. The third kappa shape index (κ3) is 3.54. The van der Waals surface area contributed by atoms with Crippen LogP contribution in [-0.2, 0) is 13.0 Å². The highest BCUT2D eigenvalue weighted by Crippen LogP contribution is 2.29. The van der Waals surface area contributed by atoms with Crippen molar-refractivity contribution in [3.05, 3.63) is 58.5 Å². The summed E-state index contributed by atoms with van der Waals surface area (Å²) in [6, 6.07) is 10.1. The Balaban J connectivity index is 1.93. The molecule has 0 aliphatic heterocycles. The number of aromatic nitrogens is 3. The van der Waals surface area contributed by atoms with Gasteiger partial charge in [-0.05, 0) is 45.4 Å². The van der Waals surface area contributed by atoms with Gasteiger partial charge in [-0.1, -0.05) is 36.2 Å². The molecule has 0 amide bonds. The van der Waals surface area contributed by atoms with Crippen LogP contribution in [0.2, 0.25) is 5.02 Å². The van der Waals surface area contributed by atoms with E-state index in [4.69, 9.17) is 16.6 Å². The molecule has 4 nitrogen and oxygen atoms in total. The smallest absolute Gasteiger partial charge is 0.149 e. The van der Waals surface area contributed by atoms with Gasteiger partial charge in [-0.25, -0.2) is 9.97 Å². The number of hydrogen-bond donors (Lipinski definition) is 1. The summed E-state index contributed by atoms with van der Waals surface area (Å²) < 4.78 is 2.21. The minimum Gasteiger partial charge on any atom is -0.339 e. The summed E-state index contributed by atoms with van der Waals surface area (Å²) in [5.41, 5.74) is 5.44. The van der Waals surface area contributed by atoms with E-state index >= 15 is 0 Å². The van der Waals surface area contributed by atoms with E-state index in [-0.39, 0.29) is 0 Å². The first-order chi connectivity index (χ1) is 12.0. The largest absolute Gasteiger partial charge is 0.339 e. The molecule has 0 aliphatic rings. The Bertz CT molecular complexity index is 881. The molecule has 130 valence electrons. The van der Waals surface area contributed by atoms with Crippen LogP contribution >= 0.6 is 11.6 Å². The van der Waals surface area contributed by atoms with Crippen LogP contribution in [0.5, 0.6) is 0 Å². The van der Waals surface area contributed by atoms with E-state index in [1.54, 1.807) is 0 Å². The average Bonchev–Trinajstić information content (AvgIpc) is 2.94. The van der Waals surface area contributed by atoms with Gasteiger partial charge < -0.3 is 9.88 Å². The van der Waals surface area contributed by atoms with Gasteiger partial charge in [0, 0.05) is 29.7 Å². The minimum absolute atomic E-state index is 0.583. The summed E-state index contributed by atoms with van der Waals surface area (Å²) in [6.07, 6.45) is 2.75. The first-order valence-corrected chi connectivity index (χ1v) is 8.96. The molecule has 0 saturated heterocycles. The molecule has 5 heteroatoms. The molecule has 0 spiro atoms. The van der Waals surface area contributed by atoms with Crippen molar-refractivity contribution in [1.82, 2.24) is 14.5 Å². The summed E-state index contributed by atoms with van der Waals surface area (Å²) >= 11 is 6.47. The van der Waals surface area contributed by atoms with Crippen LogP contribution in [0.15, 0.2) is 36.5 Å². The standard InChI is InChI=1S/C20H23ClN4/c1-5-18-14(4)25(6-2)20(24-18)15-11-17(21)19(22-12-15)23-16-9-7-13(3)8-10-16/h7-12H,5-6H2,1-4H3,(H,22,23). The topological polar surface area (TPSA) is 42.7 Å². The SMILES string of the molecule is CCc1nc(-c2cnc(Nc3ccc(C)cc3)c(Cl)c2)n(CC)c1C. The van der Waals surface area contributed by atoms with Gasteiger partial charge in [-0.15, -0.1) is 0 Å². The van der Waals surface area contributed by atoms with Crippen molar-refractivity contribution in [3.8, 4) is 11.4 Å². The molecule has 0 bridgehead atoms. The Hall–Kier alpha value is -2.33. The normalized spacial score (nSPS) is 10.9. The number of benzene rings is 1. The van der Waals surface area contributed by atoms with Crippen LogP contribution in [0.25, 0.3) is 11.4 Å². The second-order valence-electron chi connectivity index (χ2n) is 6.11. The highest BCUT2D eigenvalue weighted by atomic mass is 35.5. The number of halogens is 1. The molecule has 0 radical (unpaired) electrons. The van der Waals surface area contributed by atoms with Crippen molar-refractivity contribution < 1.29 is 0 Å². The first-order valence-electron chi connectivity index (χ1n) is 8.59. The van der Waals surface area contributed by atoms with Gasteiger partial charge in [0.2, 0.25) is 0 Å². The van der Waals surface area contributed by atoms with Gasteiger partial charge in [0.25, 0.3) is 0 Å². The number of rotatable bonds is 5. The summed E-state index contributed by atoms with van der Waals surface area (Å²) in [5.74, 6) is 1.57. The second kappa shape index (κ2) is 7.28. The van der Waals surface area contributed by atoms with E-state index in [9.17, 15) is 0 Å². The van der Waals surface area contributed by atoms with Crippen molar-refractivity contribution >= 4 is 23.1 Å². The molecule has 3 rings (SSSR count). The van der Waals surface area contributed by atoms with E-state index in [1.807, 2.05) is 24.4 Å². The van der Waals surface area contributed by atoms with Crippen LogP contribution in [0, 0.1) is 13.8 Å². The lowest BCUT2D eigenvalue weighted by Crippen LogP contribution is -2.01. The van der Waals surface area contributed by atoms with Gasteiger partial charge >= 0.3 is 0 Å². The lowest BCUT2D eigenvalue weighted by atomic mass is 10.2. The fourth-order valence-electron chi connectivity index (χ4n) is 2.95. The number of imidazole rings is 1. The fourth-order valence-corrected chi connectivity index (χ4v) is 3.17. The van der Waals surface area contributed by atoms with E-state index in [0.29, 0.717) is 10.8 Å². The quantitative estimate of drug-likeness (QED) is 0.654. The lowest BCUT2D eigenvalue weighted by molar-refractivity contribution is 0.742. The predicted molar refractivity (Wildman–Crippen MR) is 105 cm³/mol. The van der Waals surface area contributed by atoms with E-state index in [0.717, 1.165) is 35.7 Å². The van der Waals surface area contributed by atoms with Crippen molar-refractivity contribution in [2.24, 2.45) is 0 Å². The molecule has 0 unspecified atom stereocenters. The summed E-state index contributed by atoms with van der Waals surface area (Å²) in [7, 11) is 0. The number of aryl methyl sites for hydroxylation is 2. The molecule has 2 heterocycles. The molecule has 25 heavy (non-hydrogen) atoms. The van der Waals surface area contributed by atoms with E-state index in [1.165, 1.54) is 11.3 Å². The Kier molecular flexibility index (Phi) is 5.09. The highest BCUT2D eigenvalue weighted by molar-refractivity contribution is 6.33. The van der Waals surface area contributed by atoms with Crippen molar-refractivity contribution in [2.75, 3.05) is 5.32 Å². The maximum Gasteiger partial charge on any atom is 0.149 e. The summed E-state index contributed by atoms with van der Waals surface area (Å²) in [4.78, 5) is 9.29.